The quantitative estimate of drug-likeness (QED) is 0.241. The number of rotatable bonds is 7. The lowest BCUT2D eigenvalue weighted by Gasteiger charge is -2.24. The number of aromatic nitrogens is 1. The molecule has 2 aromatic heterocycles. The van der Waals surface area contributed by atoms with Crippen LogP contribution in [0.2, 0.25) is 0 Å². The minimum absolute atomic E-state index is 0.0513. The maximum atomic E-state index is 13.5. The average molecular weight is 501 g/mol. The van der Waals surface area contributed by atoms with Crippen LogP contribution < -0.4 is 9.64 Å². The van der Waals surface area contributed by atoms with Crippen LogP contribution in [0, 0.1) is 20.8 Å². The van der Waals surface area contributed by atoms with E-state index in [-0.39, 0.29) is 11.3 Å². The second kappa shape index (κ2) is 9.13. The number of hydrogen-bond donors (Lipinski definition) is 1. The molecule has 0 radical (unpaired) electrons. The van der Waals surface area contributed by atoms with Crippen molar-refractivity contribution in [2.75, 3.05) is 11.5 Å². The molecule has 0 aliphatic carbocycles. The molecule has 0 spiro atoms. The number of aryl methyl sites for hydroxylation is 3. The highest BCUT2D eigenvalue weighted by atomic mass is 32.1. The van der Waals surface area contributed by atoms with Crippen LogP contribution in [0.4, 0.5) is 5.13 Å². The number of carbonyl (C=O) groups excluding carboxylic acids is 2. The standard InChI is InChI=1S/C28H24N2O5S/c1-5-12-34-19-9-7-18(8-10-19)24-22(25(31)20-11-6-17(4)35-20)26(32)27(33)30(24)28-29-23-16(3)13-15(2)14-21(23)36-28/h5-11,13-14,24,32H,1,12H2,2-4H3. The van der Waals surface area contributed by atoms with Crippen molar-refractivity contribution in [2.24, 2.45) is 0 Å². The number of aliphatic hydroxyl groups is 1. The van der Waals surface area contributed by atoms with Crippen molar-refractivity contribution < 1.29 is 23.8 Å². The number of hydrogen-bond acceptors (Lipinski definition) is 7. The lowest BCUT2D eigenvalue weighted by atomic mass is 9.95. The van der Waals surface area contributed by atoms with Crippen LogP contribution in [-0.2, 0) is 4.79 Å². The van der Waals surface area contributed by atoms with Crippen molar-refractivity contribution in [1.29, 1.82) is 0 Å². The minimum atomic E-state index is -0.897. The third-order valence-corrected chi connectivity index (χ3v) is 7.01. The fourth-order valence-electron chi connectivity index (χ4n) is 4.40. The summed E-state index contributed by atoms with van der Waals surface area (Å²) >= 11 is 1.34. The molecule has 8 heteroatoms. The molecule has 1 N–H and O–H groups in total. The van der Waals surface area contributed by atoms with Gasteiger partial charge in [0, 0.05) is 0 Å². The van der Waals surface area contributed by atoms with E-state index >= 15 is 0 Å². The Bertz CT molecular complexity index is 1540. The van der Waals surface area contributed by atoms with Gasteiger partial charge in [0.05, 0.1) is 21.8 Å². The number of nitrogens with zero attached hydrogens (tertiary/aromatic N) is 2. The second-order valence-electron chi connectivity index (χ2n) is 8.67. The van der Waals surface area contributed by atoms with Crippen LogP contribution in [0.3, 0.4) is 0 Å². The van der Waals surface area contributed by atoms with E-state index in [1.165, 1.54) is 22.3 Å². The monoisotopic (exact) mass is 500 g/mol. The van der Waals surface area contributed by atoms with Crippen LogP contribution in [0.25, 0.3) is 10.2 Å². The highest BCUT2D eigenvalue weighted by molar-refractivity contribution is 7.22. The van der Waals surface area contributed by atoms with E-state index in [9.17, 15) is 14.7 Å². The molecule has 1 atom stereocenters. The molecule has 0 saturated carbocycles. The van der Waals surface area contributed by atoms with Gasteiger partial charge in [-0.3, -0.25) is 14.5 Å². The molecule has 0 fully saturated rings. The summed E-state index contributed by atoms with van der Waals surface area (Å²) in [6.45, 7) is 9.69. The smallest absolute Gasteiger partial charge is 0.296 e. The van der Waals surface area contributed by atoms with E-state index in [0.29, 0.717) is 28.8 Å². The van der Waals surface area contributed by atoms with Gasteiger partial charge < -0.3 is 14.3 Å². The van der Waals surface area contributed by atoms with Crippen molar-refractivity contribution in [3.05, 3.63) is 101 Å². The molecule has 5 rings (SSSR count). The van der Waals surface area contributed by atoms with Gasteiger partial charge in [-0.2, -0.15) is 0 Å². The number of aliphatic hydroxyl groups excluding tert-OH is 1. The molecule has 4 aromatic rings. The predicted octanol–water partition coefficient (Wildman–Crippen LogP) is 6.16. The van der Waals surface area contributed by atoms with Crippen LogP contribution in [-0.4, -0.2) is 28.4 Å². The number of anilines is 1. The van der Waals surface area contributed by atoms with E-state index in [4.69, 9.17) is 14.1 Å². The molecule has 36 heavy (non-hydrogen) atoms. The zero-order chi connectivity index (χ0) is 25.6. The van der Waals surface area contributed by atoms with Gasteiger partial charge >= 0.3 is 0 Å². The largest absolute Gasteiger partial charge is 0.503 e. The van der Waals surface area contributed by atoms with Gasteiger partial charge in [0.2, 0.25) is 5.78 Å². The third kappa shape index (κ3) is 3.99. The molecule has 7 nitrogen and oxygen atoms in total. The van der Waals surface area contributed by atoms with Gasteiger partial charge in [-0.05, 0) is 67.8 Å². The molecule has 1 aliphatic heterocycles. The number of ketones is 1. The number of Topliss-reactive ketones (excluding diaryl/α,β-unsaturated/α-hetero) is 1. The second-order valence-corrected chi connectivity index (χ2v) is 9.68. The first kappa shape index (κ1) is 23.6. The van der Waals surface area contributed by atoms with Gasteiger partial charge in [0.25, 0.3) is 5.91 Å². The summed E-state index contributed by atoms with van der Waals surface area (Å²) < 4.78 is 12.0. The van der Waals surface area contributed by atoms with E-state index in [1.807, 2.05) is 26.0 Å². The van der Waals surface area contributed by atoms with Crippen LogP contribution in [0.1, 0.15) is 39.0 Å². The SMILES string of the molecule is C=CCOc1ccc(C2C(C(=O)c3ccc(C)o3)=C(O)C(=O)N2c2nc3c(C)cc(C)cc3s2)cc1. The Balaban J connectivity index is 1.65. The average Bonchev–Trinajstić information content (AvgIpc) is 3.54. The van der Waals surface area contributed by atoms with Crippen LogP contribution in [0.15, 0.2) is 76.9 Å². The number of amides is 1. The highest BCUT2D eigenvalue weighted by Crippen LogP contribution is 2.45. The molecule has 0 bridgehead atoms. The van der Waals surface area contributed by atoms with Crippen molar-refractivity contribution in [1.82, 2.24) is 4.98 Å². The van der Waals surface area contributed by atoms with Crippen LogP contribution >= 0.6 is 11.3 Å². The molecule has 0 saturated heterocycles. The molecule has 1 aliphatic rings. The molecule has 1 unspecified atom stereocenters. The van der Waals surface area contributed by atoms with Crippen molar-refractivity contribution >= 4 is 38.4 Å². The van der Waals surface area contributed by atoms with E-state index in [0.717, 1.165) is 21.3 Å². The number of fused-ring (bicyclic) bond motifs is 1. The topological polar surface area (TPSA) is 92.9 Å². The molecular formula is C28H24N2O5S. The molecule has 1 amide bonds. The van der Waals surface area contributed by atoms with Gasteiger partial charge in [-0.25, -0.2) is 4.98 Å². The molecule has 182 valence electrons. The number of benzene rings is 2. The van der Waals surface area contributed by atoms with Gasteiger partial charge in [0.1, 0.15) is 18.1 Å². The number of furan rings is 1. The summed E-state index contributed by atoms with van der Waals surface area (Å²) in [5.41, 5.74) is 3.42. The first-order valence-corrected chi connectivity index (χ1v) is 12.2. The summed E-state index contributed by atoms with van der Waals surface area (Å²) in [5, 5.41) is 11.4. The number of ether oxygens (including phenoxy) is 1. The minimum Gasteiger partial charge on any atom is -0.503 e. The predicted molar refractivity (Wildman–Crippen MR) is 139 cm³/mol. The lowest BCUT2D eigenvalue weighted by Crippen LogP contribution is -2.30. The number of carbonyl (C=O) groups is 2. The Morgan fingerprint density at radius 1 is 1.19 bits per heavy atom. The highest BCUT2D eigenvalue weighted by Gasteiger charge is 2.46. The summed E-state index contributed by atoms with van der Waals surface area (Å²) in [7, 11) is 0. The van der Waals surface area contributed by atoms with E-state index in [1.54, 1.807) is 43.3 Å². The molecule has 3 heterocycles. The Morgan fingerprint density at radius 2 is 1.94 bits per heavy atom. The maximum Gasteiger partial charge on any atom is 0.296 e. The Morgan fingerprint density at radius 3 is 2.61 bits per heavy atom. The lowest BCUT2D eigenvalue weighted by molar-refractivity contribution is -0.117. The molecule has 2 aromatic carbocycles. The van der Waals surface area contributed by atoms with Gasteiger partial charge in [-0.1, -0.05) is 42.2 Å². The van der Waals surface area contributed by atoms with Crippen molar-refractivity contribution in [3.63, 3.8) is 0 Å². The Hall–Kier alpha value is -4.17. The fraction of sp³-hybridized carbons (Fsp3) is 0.179. The molecular weight excluding hydrogens is 476 g/mol. The summed E-state index contributed by atoms with van der Waals surface area (Å²) in [6, 6.07) is 13.4. The Kier molecular flexibility index (Phi) is 5.97. The van der Waals surface area contributed by atoms with Crippen molar-refractivity contribution in [3.8, 4) is 5.75 Å². The maximum absolute atomic E-state index is 13.5. The summed E-state index contributed by atoms with van der Waals surface area (Å²) in [4.78, 5) is 33.1. The van der Waals surface area contributed by atoms with Gasteiger partial charge in [-0.15, -0.1) is 0 Å². The van der Waals surface area contributed by atoms with Gasteiger partial charge in [0.15, 0.2) is 16.7 Å². The third-order valence-electron chi connectivity index (χ3n) is 6.01. The first-order valence-electron chi connectivity index (χ1n) is 11.4. The zero-order valence-electron chi connectivity index (χ0n) is 20.1. The van der Waals surface area contributed by atoms with Crippen molar-refractivity contribution in [2.45, 2.75) is 26.8 Å². The zero-order valence-corrected chi connectivity index (χ0v) is 20.9. The first-order chi connectivity index (χ1) is 17.3. The number of thiazole rings is 1. The Labute approximate surface area is 212 Å². The van der Waals surface area contributed by atoms with E-state index in [2.05, 4.69) is 6.58 Å². The van der Waals surface area contributed by atoms with E-state index < -0.39 is 23.5 Å². The van der Waals surface area contributed by atoms with Crippen LogP contribution in [0.5, 0.6) is 5.75 Å². The normalized spacial score (nSPS) is 15.7. The fourth-order valence-corrected chi connectivity index (χ4v) is 5.57. The summed E-state index contributed by atoms with van der Waals surface area (Å²) in [6.07, 6.45) is 1.64. The summed E-state index contributed by atoms with van der Waals surface area (Å²) in [5.74, 6) is -0.637.